The van der Waals surface area contributed by atoms with Crippen molar-refractivity contribution < 1.29 is 0 Å². The van der Waals surface area contributed by atoms with Gasteiger partial charge >= 0.3 is 0 Å². The lowest BCUT2D eigenvalue weighted by Gasteiger charge is -2.29. The lowest BCUT2D eigenvalue weighted by molar-refractivity contribution is 0.236. The minimum absolute atomic E-state index is 0.296. The van der Waals surface area contributed by atoms with Crippen LogP contribution in [0.3, 0.4) is 0 Å². The van der Waals surface area contributed by atoms with Crippen molar-refractivity contribution in [3.63, 3.8) is 0 Å². The zero-order valence-electron chi connectivity index (χ0n) is 7.65. The summed E-state index contributed by atoms with van der Waals surface area (Å²) in [7, 11) is 2.18. The smallest absolute Gasteiger partial charge is 0.0364 e. The second-order valence-corrected chi connectivity index (χ2v) is 3.82. The summed E-state index contributed by atoms with van der Waals surface area (Å²) in [4.78, 5) is 2.39. The Kier molecular flexibility index (Phi) is 1.63. The van der Waals surface area contributed by atoms with E-state index in [-0.39, 0.29) is 0 Å². The molecule has 0 aromatic heterocycles. The SMILES string of the molecule is CC1=C(C)C(C)(C)N(C)C1. The average Bonchev–Trinajstić information content (AvgIpc) is 1.97. The van der Waals surface area contributed by atoms with Crippen molar-refractivity contribution in [1.82, 2.24) is 4.90 Å². The molecule has 1 nitrogen and oxygen atoms in total. The van der Waals surface area contributed by atoms with E-state index in [1.54, 1.807) is 0 Å². The van der Waals surface area contributed by atoms with Crippen LogP contribution in [-0.4, -0.2) is 24.0 Å². The summed E-state index contributed by atoms with van der Waals surface area (Å²) in [5, 5.41) is 0. The first kappa shape index (κ1) is 7.80. The highest BCUT2D eigenvalue weighted by atomic mass is 15.2. The molecule has 0 aliphatic carbocycles. The summed E-state index contributed by atoms with van der Waals surface area (Å²) < 4.78 is 0. The fourth-order valence-electron chi connectivity index (χ4n) is 1.48. The maximum atomic E-state index is 2.39. The molecule has 10 heavy (non-hydrogen) atoms. The Balaban J connectivity index is 2.94. The van der Waals surface area contributed by atoms with E-state index < -0.39 is 0 Å². The fourth-order valence-corrected chi connectivity index (χ4v) is 1.48. The molecule has 0 saturated heterocycles. The van der Waals surface area contributed by atoms with E-state index >= 15 is 0 Å². The molecule has 0 amide bonds. The molecular formula is C9H17N. The topological polar surface area (TPSA) is 3.24 Å². The molecule has 0 N–H and O–H groups in total. The fraction of sp³-hybridized carbons (Fsp3) is 0.778. The van der Waals surface area contributed by atoms with E-state index in [9.17, 15) is 0 Å². The Morgan fingerprint density at radius 2 is 1.80 bits per heavy atom. The van der Waals surface area contributed by atoms with Crippen molar-refractivity contribution in [2.75, 3.05) is 13.6 Å². The summed E-state index contributed by atoms with van der Waals surface area (Å²) in [6.45, 7) is 10.1. The second-order valence-electron chi connectivity index (χ2n) is 3.82. The molecule has 0 saturated carbocycles. The molecule has 1 heterocycles. The van der Waals surface area contributed by atoms with Gasteiger partial charge in [0.05, 0.1) is 0 Å². The molecule has 1 heteroatoms. The van der Waals surface area contributed by atoms with Gasteiger partial charge in [0.25, 0.3) is 0 Å². The van der Waals surface area contributed by atoms with E-state index in [1.807, 2.05) is 0 Å². The Morgan fingerprint density at radius 1 is 1.30 bits per heavy atom. The predicted octanol–water partition coefficient (Wildman–Crippen LogP) is 2.05. The van der Waals surface area contributed by atoms with Gasteiger partial charge in [-0.1, -0.05) is 11.1 Å². The Bertz CT molecular complexity index is 177. The van der Waals surface area contributed by atoms with Crippen LogP contribution in [0, 0.1) is 0 Å². The molecular weight excluding hydrogens is 122 g/mol. The van der Waals surface area contributed by atoms with Crippen LogP contribution < -0.4 is 0 Å². The van der Waals surface area contributed by atoms with Crippen LogP contribution in [0.2, 0.25) is 0 Å². The first-order valence-corrected chi connectivity index (χ1v) is 3.84. The number of hydrogen-bond donors (Lipinski definition) is 0. The first-order valence-electron chi connectivity index (χ1n) is 3.84. The molecule has 0 fully saturated rings. The first-order chi connectivity index (χ1) is 4.46. The quantitative estimate of drug-likeness (QED) is 0.464. The molecule has 1 rings (SSSR count). The van der Waals surface area contributed by atoms with Gasteiger partial charge in [-0.3, -0.25) is 4.90 Å². The van der Waals surface area contributed by atoms with E-state index in [1.165, 1.54) is 11.1 Å². The zero-order valence-corrected chi connectivity index (χ0v) is 7.65. The summed E-state index contributed by atoms with van der Waals surface area (Å²) in [6.07, 6.45) is 0. The average molecular weight is 139 g/mol. The largest absolute Gasteiger partial charge is 0.294 e. The Hall–Kier alpha value is -0.300. The van der Waals surface area contributed by atoms with Crippen molar-refractivity contribution >= 4 is 0 Å². The van der Waals surface area contributed by atoms with Crippen molar-refractivity contribution in [1.29, 1.82) is 0 Å². The van der Waals surface area contributed by atoms with Gasteiger partial charge in [0.2, 0.25) is 0 Å². The summed E-state index contributed by atoms with van der Waals surface area (Å²) >= 11 is 0. The molecule has 0 atom stereocenters. The van der Waals surface area contributed by atoms with Gasteiger partial charge < -0.3 is 0 Å². The number of rotatable bonds is 0. The highest BCUT2D eigenvalue weighted by molar-refractivity contribution is 5.28. The lowest BCUT2D eigenvalue weighted by Crippen LogP contribution is -2.37. The number of likely N-dealkylation sites (N-methyl/N-ethyl adjacent to an activating group) is 1. The molecule has 58 valence electrons. The van der Waals surface area contributed by atoms with E-state index in [0.29, 0.717) is 5.54 Å². The molecule has 0 radical (unpaired) electrons. The maximum absolute atomic E-state index is 2.39. The molecule has 1 aliphatic heterocycles. The highest BCUT2D eigenvalue weighted by Crippen LogP contribution is 2.31. The Labute approximate surface area is 63.7 Å². The second kappa shape index (κ2) is 2.09. The van der Waals surface area contributed by atoms with E-state index in [2.05, 4.69) is 39.6 Å². The molecule has 0 aromatic rings. The van der Waals surface area contributed by atoms with Crippen molar-refractivity contribution in [3.8, 4) is 0 Å². The Morgan fingerprint density at radius 3 is 1.90 bits per heavy atom. The van der Waals surface area contributed by atoms with Gasteiger partial charge in [-0.2, -0.15) is 0 Å². The monoisotopic (exact) mass is 139 g/mol. The minimum Gasteiger partial charge on any atom is -0.294 e. The van der Waals surface area contributed by atoms with Gasteiger partial charge in [0.15, 0.2) is 0 Å². The van der Waals surface area contributed by atoms with Gasteiger partial charge in [0, 0.05) is 12.1 Å². The van der Waals surface area contributed by atoms with Crippen LogP contribution in [0.1, 0.15) is 27.7 Å². The number of nitrogens with zero attached hydrogens (tertiary/aromatic N) is 1. The predicted molar refractivity (Wildman–Crippen MR) is 45.1 cm³/mol. The molecule has 0 aromatic carbocycles. The van der Waals surface area contributed by atoms with Crippen LogP contribution in [-0.2, 0) is 0 Å². The summed E-state index contributed by atoms with van der Waals surface area (Å²) in [6, 6.07) is 0. The zero-order chi connectivity index (χ0) is 7.94. The third-order valence-corrected chi connectivity index (χ3v) is 2.99. The normalized spacial score (nSPS) is 26.1. The standard InChI is InChI=1S/C9H17N/c1-7-6-10(5)9(3,4)8(7)2/h6H2,1-5H3. The van der Waals surface area contributed by atoms with Crippen LogP contribution in [0.5, 0.6) is 0 Å². The van der Waals surface area contributed by atoms with E-state index in [4.69, 9.17) is 0 Å². The van der Waals surface area contributed by atoms with Gasteiger partial charge in [-0.15, -0.1) is 0 Å². The third kappa shape index (κ3) is 0.891. The van der Waals surface area contributed by atoms with Crippen LogP contribution in [0.15, 0.2) is 11.1 Å². The minimum atomic E-state index is 0.296. The molecule has 0 bridgehead atoms. The van der Waals surface area contributed by atoms with Crippen molar-refractivity contribution in [2.24, 2.45) is 0 Å². The summed E-state index contributed by atoms with van der Waals surface area (Å²) in [5.74, 6) is 0. The van der Waals surface area contributed by atoms with Crippen molar-refractivity contribution in [3.05, 3.63) is 11.1 Å². The number of hydrogen-bond acceptors (Lipinski definition) is 1. The van der Waals surface area contributed by atoms with Crippen LogP contribution >= 0.6 is 0 Å². The molecule has 0 unspecified atom stereocenters. The van der Waals surface area contributed by atoms with Gasteiger partial charge in [0.1, 0.15) is 0 Å². The van der Waals surface area contributed by atoms with Gasteiger partial charge in [-0.05, 0) is 34.7 Å². The summed E-state index contributed by atoms with van der Waals surface area (Å²) in [5.41, 5.74) is 3.37. The third-order valence-electron chi connectivity index (χ3n) is 2.99. The van der Waals surface area contributed by atoms with Crippen LogP contribution in [0.25, 0.3) is 0 Å². The van der Waals surface area contributed by atoms with Crippen molar-refractivity contribution in [2.45, 2.75) is 33.2 Å². The lowest BCUT2D eigenvalue weighted by atomic mass is 9.96. The molecule has 0 spiro atoms. The van der Waals surface area contributed by atoms with Gasteiger partial charge in [-0.25, -0.2) is 0 Å². The maximum Gasteiger partial charge on any atom is 0.0364 e. The highest BCUT2D eigenvalue weighted by Gasteiger charge is 2.32. The van der Waals surface area contributed by atoms with E-state index in [0.717, 1.165) is 6.54 Å². The molecule has 1 aliphatic rings. The van der Waals surface area contributed by atoms with Crippen LogP contribution in [0.4, 0.5) is 0 Å².